The van der Waals surface area contributed by atoms with E-state index in [0.717, 1.165) is 11.3 Å². The molecule has 3 aromatic rings. The van der Waals surface area contributed by atoms with E-state index in [0.29, 0.717) is 30.2 Å². The van der Waals surface area contributed by atoms with E-state index in [-0.39, 0.29) is 18.4 Å². The molecule has 1 fully saturated rings. The van der Waals surface area contributed by atoms with Crippen molar-refractivity contribution in [3.8, 4) is 17.0 Å². The molecule has 1 N–H and O–H groups in total. The Labute approximate surface area is 161 Å². The molecule has 8 heteroatoms. The molecule has 1 aliphatic rings. The Morgan fingerprint density at radius 3 is 2.79 bits per heavy atom. The second-order valence-electron chi connectivity index (χ2n) is 6.35. The number of hydrogen-bond acceptors (Lipinski definition) is 5. The lowest BCUT2D eigenvalue weighted by Gasteiger charge is -2.33. The standard InChI is InChI=1S/C20H19N5O3/c1-28-18-7-3-2-6-15(18)16-11-17(23-22-16)20(27)24-9-10-25(19(26)13-24)14-5-4-8-21-12-14/h2-8,11-12H,9-10,13H2,1H3,(H,22,23). The molecule has 0 unspecified atom stereocenters. The van der Waals surface area contributed by atoms with Gasteiger partial charge in [0.05, 0.1) is 24.7 Å². The van der Waals surface area contributed by atoms with Gasteiger partial charge in [-0.25, -0.2) is 0 Å². The van der Waals surface area contributed by atoms with E-state index in [4.69, 9.17) is 4.74 Å². The number of piperazine rings is 1. The lowest BCUT2D eigenvalue weighted by molar-refractivity contribution is -0.120. The molecular formula is C20H19N5O3. The number of aromatic amines is 1. The zero-order valence-corrected chi connectivity index (χ0v) is 15.3. The number of para-hydroxylation sites is 1. The maximum atomic E-state index is 12.8. The van der Waals surface area contributed by atoms with Crippen molar-refractivity contribution in [1.82, 2.24) is 20.1 Å². The highest BCUT2D eigenvalue weighted by Crippen LogP contribution is 2.28. The first-order valence-corrected chi connectivity index (χ1v) is 8.86. The molecule has 28 heavy (non-hydrogen) atoms. The van der Waals surface area contributed by atoms with Gasteiger partial charge in [-0.2, -0.15) is 5.10 Å². The van der Waals surface area contributed by atoms with E-state index in [9.17, 15) is 9.59 Å². The maximum absolute atomic E-state index is 12.8. The third kappa shape index (κ3) is 3.32. The van der Waals surface area contributed by atoms with E-state index in [1.807, 2.05) is 30.3 Å². The van der Waals surface area contributed by atoms with Crippen molar-refractivity contribution in [2.24, 2.45) is 0 Å². The second kappa shape index (κ2) is 7.51. The number of nitrogens with one attached hydrogen (secondary N) is 1. The van der Waals surface area contributed by atoms with Crippen LogP contribution in [0.4, 0.5) is 5.69 Å². The number of anilines is 1. The number of benzene rings is 1. The van der Waals surface area contributed by atoms with Gasteiger partial charge in [0, 0.05) is 24.8 Å². The van der Waals surface area contributed by atoms with Crippen LogP contribution in [-0.2, 0) is 4.79 Å². The molecule has 0 saturated carbocycles. The van der Waals surface area contributed by atoms with Crippen molar-refractivity contribution in [3.63, 3.8) is 0 Å². The number of amides is 2. The van der Waals surface area contributed by atoms with Crippen molar-refractivity contribution in [2.45, 2.75) is 0 Å². The Morgan fingerprint density at radius 1 is 1.18 bits per heavy atom. The average Bonchev–Trinajstić information content (AvgIpc) is 3.23. The van der Waals surface area contributed by atoms with Crippen LogP contribution < -0.4 is 9.64 Å². The lowest BCUT2D eigenvalue weighted by atomic mass is 10.1. The Morgan fingerprint density at radius 2 is 2.04 bits per heavy atom. The van der Waals surface area contributed by atoms with E-state index < -0.39 is 0 Å². The summed E-state index contributed by atoms with van der Waals surface area (Å²) in [6.07, 6.45) is 3.30. The van der Waals surface area contributed by atoms with Crippen molar-refractivity contribution >= 4 is 17.5 Å². The third-order valence-electron chi connectivity index (χ3n) is 4.66. The number of ether oxygens (including phenoxy) is 1. The summed E-state index contributed by atoms with van der Waals surface area (Å²) in [5, 5.41) is 7.02. The number of nitrogens with zero attached hydrogens (tertiary/aromatic N) is 4. The summed E-state index contributed by atoms with van der Waals surface area (Å²) in [5.74, 6) is 0.276. The predicted molar refractivity (Wildman–Crippen MR) is 103 cm³/mol. The number of aromatic nitrogens is 3. The highest BCUT2D eigenvalue weighted by Gasteiger charge is 2.29. The Bertz CT molecular complexity index is 1000. The second-order valence-corrected chi connectivity index (χ2v) is 6.35. The minimum Gasteiger partial charge on any atom is -0.496 e. The van der Waals surface area contributed by atoms with Crippen LogP contribution in [-0.4, -0.2) is 58.6 Å². The highest BCUT2D eigenvalue weighted by atomic mass is 16.5. The molecular weight excluding hydrogens is 358 g/mol. The molecule has 2 amide bonds. The van der Waals surface area contributed by atoms with E-state index >= 15 is 0 Å². The topological polar surface area (TPSA) is 91.4 Å². The zero-order valence-electron chi connectivity index (χ0n) is 15.3. The van der Waals surface area contributed by atoms with E-state index in [2.05, 4.69) is 15.2 Å². The molecule has 0 atom stereocenters. The number of rotatable bonds is 4. The number of pyridine rings is 1. The van der Waals surface area contributed by atoms with Crippen LogP contribution in [0.1, 0.15) is 10.5 Å². The molecule has 142 valence electrons. The van der Waals surface area contributed by atoms with Gasteiger partial charge in [-0.15, -0.1) is 0 Å². The molecule has 0 aliphatic carbocycles. The quantitative estimate of drug-likeness (QED) is 0.751. The summed E-state index contributed by atoms with van der Waals surface area (Å²) in [4.78, 5) is 32.6. The van der Waals surface area contributed by atoms with Gasteiger partial charge < -0.3 is 14.5 Å². The number of H-pyrrole nitrogens is 1. The van der Waals surface area contributed by atoms with Crippen LogP contribution in [0.2, 0.25) is 0 Å². The first-order valence-electron chi connectivity index (χ1n) is 8.86. The summed E-state index contributed by atoms with van der Waals surface area (Å²) in [5.41, 5.74) is 2.47. The first kappa shape index (κ1) is 17.7. The largest absolute Gasteiger partial charge is 0.496 e. The molecule has 3 heterocycles. The Kier molecular flexibility index (Phi) is 4.76. The van der Waals surface area contributed by atoms with E-state index in [1.165, 1.54) is 4.90 Å². The number of carbonyl (C=O) groups excluding carboxylic acids is 2. The van der Waals surface area contributed by atoms with Gasteiger partial charge in [0.2, 0.25) is 5.91 Å². The Hall–Kier alpha value is -3.68. The van der Waals surface area contributed by atoms with Gasteiger partial charge in [-0.05, 0) is 30.3 Å². The van der Waals surface area contributed by atoms with Gasteiger partial charge >= 0.3 is 0 Å². The summed E-state index contributed by atoms with van der Waals surface area (Å²) in [7, 11) is 1.59. The first-order chi connectivity index (χ1) is 13.7. The van der Waals surface area contributed by atoms with Gasteiger partial charge in [-0.3, -0.25) is 19.7 Å². The summed E-state index contributed by atoms with van der Waals surface area (Å²) < 4.78 is 5.35. The van der Waals surface area contributed by atoms with Crippen LogP contribution in [0.25, 0.3) is 11.3 Å². The van der Waals surface area contributed by atoms with Crippen LogP contribution in [0.15, 0.2) is 54.9 Å². The van der Waals surface area contributed by atoms with Crippen LogP contribution >= 0.6 is 0 Å². The van der Waals surface area contributed by atoms with Crippen molar-refractivity contribution in [3.05, 3.63) is 60.6 Å². The zero-order chi connectivity index (χ0) is 19.5. The third-order valence-corrected chi connectivity index (χ3v) is 4.66. The van der Waals surface area contributed by atoms with Crippen LogP contribution in [0.3, 0.4) is 0 Å². The fourth-order valence-electron chi connectivity index (χ4n) is 3.23. The number of carbonyl (C=O) groups is 2. The van der Waals surface area contributed by atoms with Crippen molar-refractivity contribution in [2.75, 3.05) is 31.6 Å². The van der Waals surface area contributed by atoms with Gasteiger partial charge in [0.15, 0.2) is 0 Å². The van der Waals surface area contributed by atoms with Gasteiger partial charge in [0.25, 0.3) is 5.91 Å². The molecule has 0 radical (unpaired) electrons. The van der Waals surface area contributed by atoms with Gasteiger partial charge in [-0.1, -0.05) is 12.1 Å². The average molecular weight is 377 g/mol. The summed E-state index contributed by atoms with van der Waals surface area (Å²) in [6, 6.07) is 12.7. The normalized spacial score (nSPS) is 14.2. The van der Waals surface area contributed by atoms with Crippen LogP contribution in [0.5, 0.6) is 5.75 Å². The predicted octanol–water partition coefficient (Wildman–Crippen LogP) is 1.97. The molecule has 8 nitrogen and oxygen atoms in total. The summed E-state index contributed by atoms with van der Waals surface area (Å²) in [6.45, 7) is 0.864. The van der Waals surface area contributed by atoms with Crippen molar-refractivity contribution < 1.29 is 14.3 Å². The van der Waals surface area contributed by atoms with Crippen molar-refractivity contribution in [1.29, 1.82) is 0 Å². The SMILES string of the molecule is COc1ccccc1-c1cc(C(=O)N2CCN(c3cccnc3)C(=O)C2)[nH]n1. The molecule has 2 aromatic heterocycles. The van der Waals surface area contributed by atoms with Crippen LogP contribution in [0, 0.1) is 0 Å². The highest BCUT2D eigenvalue weighted by molar-refractivity contribution is 6.01. The Balaban J connectivity index is 1.49. The number of hydrogen-bond donors (Lipinski definition) is 1. The molecule has 0 spiro atoms. The maximum Gasteiger partial charge on any atom is 0.272 e. The molecule has 1 saturated heterocycles. The summed E-state index contributed by atoms with van der Waals surface area (Å²) >= 11 is 0. The van der Waals surface area contributed by atoms with Gasteiger partial charge in [0.1, 0.15) is 18.0 Å². The smallest absolute Gasteiger partial charge is 0.272 e. The minimum absolute atomic E-state index is 0.0107. The fraction of sp³-hybridized carbons (Fsp3) is 0.200. The lowest BCUT2D eigenvalue weighted by Crippen LogP contribution is -2.52. The number of methoxy groups -OCH3 is 1. The van der Waals surface area contributed by atoms with E-state index in [1.54, 1.807) is 36.5 Å². The molecule has 0 bridgehead atoms. The monoisotopic (exact) mass is 377 g/mol. The minimum atomic E-state index is -0.257. The molecule has 4 rings (SSSR count). The molecule has 1 aliphatic heterocycles. The fourth-order valence-corrected chi connectivity index (χ4v) is 3.23. The molecule has 1 aromatic carbocycles.